The Hall–Kier alpha value is -1.25. The number of rotatable bonds is 3. The number of esters is 1. The van der Waals surface area contributed by atoms with Gasteiger partial charge in [-0.25, -0.2) is 4.79 Å². The van der Waals surface area contributed by atoms with Gasteiger partial charge in [0.05, 0.1) is 0 Å². The summed E-state index contributed by atoms with van der Waals surface area (Å²) in [4.78, 5) is 10.4. The molecule has 1 saturated heterocycles. The van der Waals surface area contributed by atoms with Crippen LogP contribution in [0.25, 0.3) is 0 Å². The summed E-state index contributed by atoms with van der Waals surface area (Å²) in [6.07, 6.45) is 2.85. The van der Waals surface area contributed by atoms with Crippen LogP contribution < -0.4 is 0 Å². The maximum Gasteiger partial charge on any atom is 0.330 e. The highest BCUT2D eigenvalue weighted by Crippen LogP contribution is 2.12. The minimum absolute atomic E-state index is 0.278. The standard InChI is InChI=1S/C7H8O3/c1-2-7(8)9-4-3-6-5-10-6/h2-3H,1,4-5H2. The second-order valence-electron chi connectivity index (χ2n) is 1.79. The van der Waals surface area contributed by atoms with Gasteiger partial charge in [-0.15, -0.1) is 0 Å². The van der Waals surface area contributed by atoms with E-state index in [9.17, 15) is 4.79 Å². The van der Waals surface area contributed by atoms with E-state index in [0.29, 0.717) is 6.61 Å². The Balaban J connectivity index is 2.09. The summed E-state index contributed by atoms with van der Waals surface area (Å²) in [6, 6.07) is 0. The van der Waals surface area contributed by atoms with Crippen LogP contribution in [-0.2, 0) is 14.3 Å². The highest BCUT2D eigenvalue weighted by atomic mass is 16.6. The van der Waals surface area contributed by atoms with Gasteiger partial charge >= 0.3 is 5.97 Å². The Morgan fingerprint density at radius 1 is 1.90 bits per heavy atom. The molecular weight excluding hydrogens is 132 g/mol. The minimum atomic E-state index is -0.405. The van der Waals surface area contributed by atoms with Gasteiger partial charge in [0, 0.05) is 6.08 Å². The van der Waals surface area contributed by atoms with E-state index < -0.39 is 5.97 Å². The molecule has 0 saturated carbocycles. The molecule has 10 heavy (non-hydrogen) atoms. The normalized spacial score (nSPS) is 17.8. The van der Waals surface area contributed by atoms with Gasteiger partial charge in [-0.3, -0.25) is 0 Å². The van der Waals surface area contributed by atoms with Crippen molar-refractivity contribution in [1.82, 2.24) is 0 Å². The average Bonchev–Trinajstić information content (AvgIpc) is 2.71. The molecule has 0 atom stereocenters. The lowest BCUT2D eigenvalue weighted by molar-refractivity contribution is -0.136. The molecule has 0 aliphatic carbocycles. The largest absolute Gasteiger partial charge is 0.487 e. The van der Waals surface area contributed by atoms with Crippen molar-refractivity contribution in [3.05, 3.63) is 24.5 Å². The van der Waals surface area contributed by atoms with Crippen molar-refractivity contribution in [2.75, 3.05) is 13.2 Å². The second-order valence-corrected chi connectivity index (χ2v) is 1.79. The van der Waals surface area contributed by atoms with Crippen LogP contribution in [0.5, 0.6) is 0 Å². The van der Waals surface area contributed by atoms with Crippen molar-refractivity contribution in [2.45, 2.75) is 0 Å². The lowest BCUT2D eigenvalue weighted by Gasteiger charge is -1.92. The first-order chi connectivity index (χ1) is 4.83. The van der Waals surface area contributed by atoms with Gasteiger partial charge in [0.15, 0.2) is 0 Å². The van der Waals surface area contributed by atoms with Crippen molar-refractivity contribution < 1.29 is 14.3 Å². The van der Waals surface area contributed by atoms with Crippen LogP contribution in [0.15, 0.2) is 24.5 Å². The summed E-state index contributed by atoms with van der Waals surface area (Å²) in [7, 11) is 0. The molecule has 0 bridgehead atoms. The summed E-state index contributed by atoms with van der Waals surface area (Å²) >= 11 is 0. The first-order valence-electron chi connectivity index (χ1n) is 2.94. The topological polar surface area (TPSA) is 38.8 Å². The molecule has 0 aromatic carbocycles. The quantitative estimate of drug-likeness (QED) is 0.328. The number of epoxide rings is 1. The fourth-order valence-corrected chi connectivity index (χ4v) is 0.435. The molecule has 54 valence electrons. The third-order valence-electron chi connectivity index (χ3n) is 1.01. The molecule has 0 aromatic rings. The SMILES string of the molecule is C=CC(=O)OCC=C1CO1. The Kier molecular flexibility index (Phi) is 2.10. The summed E-state index contributed by atoms with van der Waals surface area (Å²) in [5.41, 5.74) is 0. The lowest BCUT2D eigenvalue weighted by Crippen LogP contribution is -1.98. The zero-order chi connectivity index (χ0) is 7.40. The van der Waals surface area contributed by atoms with Gasteiger partial charge < -0.3 is 9.47 Å². The zero-order valence-corrected chi connectivity index (χ0v) is 5.50. The summed E-state index contributed by atoms with van der Waals surface area (Å²) in [6.45, 7) is 4.20. The van der Waals surface area contributed by atoms with Crippen molar-refractivity contribution in [2.24, 2.45) is 0 Å². The van der Waals surface area contributed by atoms with Gasteiger partial charge in [-0.1, -0.05) is 6.58 Å². The minimum Gasteiger partial charge on any atom is -0.487 e. The fourth-order valence-electron chi connectivity index (χ4n) is 0.435. The third-order valence-corrected chi connectivity index (χ3v) is 1.01. The Bertz CT molecular complexity index is 175. The van der Waals surface area contributed by atoms with Crippen LogP contribution in [0.4, 0.5) is 0 Å². The first kappa shape index (κ1) is 6.86. The second kappa shape index (κ2) is 3.06. The lowest BCUT2D eigenvalue weighted by atomic mass is 10.5. The molecule has 3 heteroatoms. The molecular formula is C7H8O3. The van der Waals surface area contributed by atoms with E-state index in [1.54, 1.807) is 6.08 Å². The Morgan fingerprint density at radius 2 is 2.60 bits per heavy atom. The van der Waals surface area contributed by atoms with Crippen LogP contribution in [-0.4, -0.2) is 19.2 Å². The van der Waals surface area contributed by atoms with E-state index in [2.05, 4.69) is 11.3 Å². The van der Waals surface area contributed by atoms with Crippen LogP contribution in [0, 0.1) is 0 Å². The zero-order valence-electron chi connectivity index (χ0n) is 5.50. The van der Waals surface area contributed by atoms with Crippen LogP contribution in [0.2, 0.25) is 0 Å². The predicted octanol–water partition coefficient (Wildman–Crippen LogP) is 0.630. The molecule has 0 N–H and O–H groups in total. The van der Waals surface area contributed by atoms with E-state index >= 15 is 0 Å². The molecule has 3 nitrogen and oxygen atoms in total. The van der Waals surface area contributed by atoms with E-state index in [-0.39, 0.29) is 6.61 Å². The number of carbonyl (C=O) groups is 1. The molecule has 0 amide bonds. The predicted molar refractivity (Wildman–Crippen MR) is 35.2 cm³/mol. The van der Waals surface area contributed by atoms with Gasteiger partial charge in [0.25, 0.3) is 0 Å². The molecule has 0 aromatic heterocycles. The first-order valence-corrected chi connectivity index (χ1v) is 2.94. The van der Waals surface area contributed by atoms with Crippen LogP contribution in [0.1, 0.15) is 0 Å². The summed E-state index contributed by atoms with van der Waals surface area (Å²) in [5.74, 6) is 0.481. The maximum atomic E-state index is 10.4. The fraction of sp³-hybridized carbons (Fsp3) is 0.286. The van der Waals surface area contributed by atoms with Crippen molar-refractivity contribution >= 4 is 5.97 Å². The monoisotopic (exact) mass is 140 g/mol. The highest BCUT2D eigenvalue weighted by molar-refractivity contribution is 5.81. The molecule has 0 radical (unpaired) electrons. The molecule has 1 heterocycles. The maximum absolute atomic E-state index is 10.4. The van der Waals surface area contributed by atoms with E-state index in [4.69, 9.17) is 4.74 Å². The van der Waals surface area contributed by atoms with Gasteiger partial charge in [-0.05, 0) is 6.08 Å². The van der Waals surface area contributed by atoms with Gasteiger partial charge in [0.2, 0.25) is 0 Å². The molecule has 0 spiro atoms. The van der Waals surface area contributed by atoms with E-state index in [1.807, 2.05) is 0 Å². The van der Waals surface area contributed by atoms with E-state index in [1.165, 1.54) is 0 Å². The Morgan fingerprint density at radius 3 is 3.10 bits per heavy atom. The van der Waals surface area contributed by atoms with Crippen molar-refractivity contribution in [1.29, 1.82) is 0 Å². The highest BCUT2D eigenvalue weighted by Gasteiger charge is 2.11. The Labute approximate surface area is 58.9 Å². The number of carbonyl (C=O) groups excluding carboxylic acids is 1. The third kappa shape index (κ3) is 2.35. The smallest absolute Gasteiger partial charge is 0.330 e. The molecule has 0 unspecified atom stereocenters. The number of hydrogen-bond acceptors (Lipinski definition) is 3. The molecule has 1 fully saturated rings. The van der Waals surface area contributed by atoms with Gasteiger partial charge in [0.1, 0.15) is 19.0 Å². The average molecular weight is 140 g/mol. The summed E-state index contributed by atoms with van der Waals surface area (Å²) in [5, 5.41) is 0. The van der Waals surface area contributed by atoms with Crippen molar-refractivity contribution in [3.8, 4) is 0 Å². The molecule has 1 rings (SSSR count). The van der Waals surface area contributed by atoms with Crippen LogP contribution >= 0.6 is 0 Å². The number of ether oxygens (including phenoxy) is 2. The molecule has 1 aliphatic rings. The summed E-state index contributed by atoms with van der Waals surface area (Å²) < 4.78 is 9.40. The van der Waals surface area contributed by atoms with Crippen molar-refractivity contribution in [3.63, 3.8) is 0 Å². The molecule has 1 aliphatic heterocycles. The van der Waals surface area contributed by atoms with Gasteiger partial charge in [-0.2, -0.15) is 0 Å². The number of hydrogen-bond donors (Lipinski definition) is 0. The van der Waals surface area contributed by atoms with E-state index in [0.717, 1.165) is 11.8 Å². The van der Waals surface area contributed by atoms with Crippen LogP contribution in [0.3, 0.4) is 0 Å².